The topological polar surface area (TPSA) is 108 Å². The molecule has 0 saturated carbocycles. The van der Waals surface area contributed by atoms with E-state index in [-0.39, 0.29) is 0 Å². The number of nitrogens with zero attached hydrogens (tertiary/aromatic N) is 1. The van der Waals surface area contributed by atoms with Crippen LogP contribution in [0.5, 0.6) is 0 Å². The Balaban J connectivity index is 2.08. The predicted molar refractivity (Wildman–Crippen MR) is 95.5 cm³/mol. The summed E-state index contributed by atoms with van der Waals surface area (Å²) in [7, 11) is 0. The van der Waals surface area contributed by atoms with Gasteiger partial charge in [-0.2, -0.15) is 0 Å². The van der Waals surface area contributed by atoms with Gasteiger partial charge in [-0.15, -0.1) is 0 Å². The standard InChI is InChI=1S/C17H21ClN4O4/c1-16(2,3)20-14(25)19-12(23)9-22-13(24)17(4,21-15(22)26)10-5-7-11(18)8-6-10/h5-8H,9H2,1-4H3,(H,21,26)(H2,19,20,23,25)/t17-/m0/s1. The first-order chi connectivity index (χ1) is 11.9. The van der Waals surface area contributed by atoms with Gasteiger partial charge >= 0.3 is 12.1 Å². The van der Waals surface area contributed by atoms with E-state index >= 15 is 0 Å². The fourth-order valence-electron chi connectivity index (χ4n) is 2.50. The van der Waals surface area contributed by atoms with E-state index < -0.39 is 41.5 Å². The Kier molecular flexibility index (Phi) is 5.27. The van der Waals surface area contributed by atoms with Gasteiger partial charge in [-0.3, -0.25) is 19.8 Å². The number of nitrogens with one attached hydrogen (secondary N) is 3. The first-order valence-corrected chi connectivity index (χ1v) is 8.32. The van der Waals surface area contributed by atoms with Crippen LogP contribution in [0.25, 0.3) is 0 Å². The zero-order chi connectivity index (χ0) is 19.7. The highest BCUT2D eigenvalue weighted by atomic mass is 35.5. The van der Waals surface area contributed by atoms with Gasteiger partial charge in [-0.05, 0) is 45.4 Å². The van der Waals surface area contributed by atoms with Gasteiger partial charge in [-0.25, -0.2) is 9.59 Å². The highest BCUT2D eigenvalue weighted by Gasteiger charge is 2.49. The number of hydrogen-bond acceptors (Lipinski definition) is 4. The van der Waals surface area contributed by atoms with Crippen LogP contribution in [-0.4, -0.2) is 40.9 Å². The second kappa shape index (κ2) is 6.95. The SMILES string of the molecule is CC(C)(C)NC(=O)NC(=O)CN1C(=O)N[C@@](C)(c2ccc(Cl)cc2)C1=O. The molecule has 0 aliphatic carbocycles. The molecule has 0 bridgehead atoms. The molecule has 0 unspecified atom stereocenters. The third kappa shape index (κ3) is 4.32. The van der Waals surface area contributed by atoms with E-state index in [1.807, 2.05) is 0 Å². The molecule has 140 valence electrons. The number of imide groups is 2. The molecule has 1 saturated heterocycles. The van der Waals surface area contributed by atoms with Gasteiger partial charge in [0.1, 0.15) is 12.1 Å². The van der Waals surface area contributed by atoms with E-state index in [2.05, 4.69) is 16.0 Å². The number of carbonyl (C=O) groups is 4. The second-order valence-corrected chi connectivity index (χ2v) is 7.64. The number of rotatable bonds is 3. The zero-order valence-corrected chi connectivity index (χ0v) is 15.7. The molecule has 6 amide bonds. The van der Waals surface area contributed by atoms with Crippen LogP contribution in [-0.2, 0) is 15.1 Å². The molecule has 1 aromatic rings. The molecule has 26 heavy (non-hydrogen) atoms. The Labute approximate surface area is 156 Å². The molecular weight excluding hydrogens is 360 g/mol. The van der Waals surface area contributed by atoms with Crippen molar-refractivity contribution < 1.29 is 19.2 Å². The summed E-state index contributed by atoms with van der Waals surface area (Å²) >= 11 is 5.85. The van der Waals surface area contributed by atoms with Gasteiger partial charge in [0, 0.05) is 10.6 Å². The number of halogens is 1. The summed E-state index contributed by atoms with van der Waals surface area (Å²) in [4.78, 5) is 49.4. The van der Waals surface area contributed by atoms with Crippen molar-refractivity contribution in [1.29, 1.82) is 0 Å². The van der Waals surface area contributed by atoms with Crippen molar-refractivity contribution in [2.24, 2.45) is 0 Å². The van der Waals surface area contributed by atoms with E-state index in [9.17, 15) is 19.2 Å². The van der Waals surface area contributed by atoms with Crippen molar-refractivity contribution in [2.75, 3.05) is 6.54 Å². The van der Waals surface area contributed by atoms with E-state index in [0.29, 0.717) is 10.6 Å². The Hall–Kier alpha value is -2.61. The number of hydrogen-bond donors (Lipinski definition) is 3. The molecule has 0 spiro atoms. The second-order valence-electron chi connectivity index (χ2n) is 7.21. The molecular formula is C17H21ClN4O4. The van der Waals surface area contributed by atoms with Crippen LogP contribution in [0.1, 0.15) is 33.3 Å². The van der Waals surface area contributed by atoms with Crippen LogP contribution in [0, 0.1) is 0 Å². The summed E-state index contributed by atoms with van der Waals surface area (Å²) in [6.45, 7) is 6.25. The van der Waals surface area contributed by atoms with Gasteiger partial charge in [0.05, 0.1) is 0 Å². The average molecular weight is 381 g/mol. The number of benzene rings is 1. The van der Waals surface area contributed by atoms with Crippen molar-refractivity contribution in [2.45, 2.75) is 38.8 Å². The minimum Gasteiger partial charge on any atom is -0.333 e. The molecule has 1 aliphatic rings. The summed E-state index contributed by atoms with van der Waals surface area (Å²) in [5.41, 5.74) is -1.30. The lowest BCUT2D eigenvalue weighted by atomic mass is 9.92. The van der Waals surface area contributed by atoms with Gasteiger partial charge < -0.3 is 10.6 Å². The molecule has 0 aromatic heterocycles. The normalized spacial score (nSPS) is 20.0. The average Bonchev–Trinajstić information content (AvgIpc) is 2.70. The van der Waals surface area contributed by atoms with Crippen molar-refractivity contribution in [1.82, 2.24) is 20.9 Å². The van der Waals surface area contributed by atoms with Crippen LogP contribution >= 0.6 is 11.6 Å². The summed E-state index contributed by atoms with van der Waals surface area (Å²) in [6.07, 6.45) is 0. The molecule has 1 atom stereocenters. The first-order valence-electron chi connectivity index (χ1n) is 7.94. The van der Waals surface area contributed by atoms with Gasteiger partial charge in [0.25, 0.3) is 5.91 Å². The summed E-state index contributed by atoms with van der Waals surface area (Å²) in [5.74, 6) is -1.35. The van der Waals surface area contributed by atoms with Gasteiger partial charge in [0.15, 0.2) is 0 Å². The van der Waals surface area contributed by atoms with Crippen LogP contribution in [0.3, 0.4) is 0 Å². The minimum atomic E-state index is -1.31. The monoisotopic (exact) mass is 380 g/mol. The van der Waals surface area contributed by atoms with Crippen LogP contribution < -0.4 is 16.0 Å². The van der Waals surface area contributed by atoms with E-state index in [0.717, 1.165) is 4.90 Å². The Bertz CT molecular complexity index is 757. The number of urea groups is 2. The summed E-state index contributed by atoms with van der Waals surface area (Å²) in [6, 6.07) is 5.05. The highest BCUT2D eigenvalue weighted by molar-refractivity contribution is 6.30. The molecule has 1 heterocycles. The zero-order valence-electron chi connectivity index (χ0n) is 15.0. The van der Waals surface area contributed by atoms with Crippen LogP contribution in [0.4, 0.5) is 9.59 Å². The lowest BCUT2D eigenvalue weighted by Gasteiger charge is -2.22. The molecule has 1 aromatic carbocycles. The fraction of sp³-hybridized carbons (Fsp3) is 0.412. The maximum Gasteiger partial charge on any atom is 0.325 e. The summed E-state index contributed by atoms with van der Waals surface area (Å²) < 4.78 is 0. The third-order valence-corrected chi connectivity index (χ3v) is 3.99. The van der Waals surface area contributed by atoms with Crippen molar-refractivity contribution in [3.05, 3.63) is 34.9 Å². The van der Waals surface area contributed by atoms with Crippen LogP contribution in [0.2, 0.25) is 5.02 Å². The van der Waals surface area contributed by atoms with E-state index in [1.54, 1.807) is 52.0 Å². The molecule has 3 N–H and O–H groups in total. The smallest absolute Gasteiger partial charge is 0.325 e. The molecule has 8 nitrogen and oxygen atoms in total. The lowest BCUT2D eigenvalue weighted by Crippen LogP contribution is -2.51. The van der Waals surface area contributed by atoms with Crippen LogP contribution in [0.15, 0.2) is 24.3 Å². The Morgan fingerprint density at radius 3 is 2.31 bits per heavy atom. The highest BCUT2D eigenvalue weighted by Crippen LogP contribution is 2.29. The molecule has 1 fully saturated rings. The summed E-state index contributed by atoms with van der Waals surface area (Å²) in [5, 5.41) is 7.73. The van der Waals surface area contributed by atoms with Crippen molar-refractivity contribution >= 4 is 35.5 Å². The Morgan fingerprint density at radius 2 is 1.77 bits per heavy atom. The predicted octanol–water partition coefficient (Wildman–Crippen LogP) is 1.73. The minimum absolute atomic E-state index is 0.496. The fourth-order valence-corrected chi connectivity index (χ4v) is 2.63. The van der Waals surface area contributed by atoms with Crippen molar-refractivity contribution in [3.8, 4) is 0 Å². The maximum atomic E-state index is 12.7. The van der Waals surface area contributed by atoms with Crippen molar-refractivity contribution in [3.63, 3.8) is 0 Å². The quantitative estimate of drug-likeness (QED) is 0.694. The molecule has 0 radical (unpaired) electrons. The number of carbonyl (C=O) groups excluding carboxylic acids is 4. The maximum absolute atomic E-state index is 12.7. The number of amides is 6. The van der Waals surface area contributed by atoms with E-state index in [4.69, 9.17) is 11.6 Å². The van der Waals surface area contributed by atoms with Gasteiger partial charge in [-0.1, -0.05) is 23.7 Å². The lowest BCUT2D eigenvalue weighted by molar-refractivity contribution is -0.134. The Morgan fingerprint density at radius 1 is 1.19 bits per heavy atom. The third-order valence-electron chi connectivity index (χ3n) is 3.74. The van der Waals surface area contributed by atoms with E-state index in [1.165, 1.54) is 0 Å². The molecule has 9 heteroatoms. The van der Waals surface area contributed by atoms with Gasteiger partial charge in [0.2, 0.25) is 5.91 Å². The molecule has 1 aliphatic heterocycles. The largest absolute Gasteiger partial charge is 0.333 e. The first kappa shape index (κ1) is 19.7. The molecule has 2 rings (SSSR count).